The zero-order valence-corrected chi connectivity index (χ0v) is 9.22. The van der Waals surface area contributed by atoms with Gasteiger partial charge in [0.2, 0.25) is 0 Å². The summed E-state index contributed by atoms with van der Waals surface area (Å²) in [4.78, 5) is 4.22. The van der Waals surface area contributed by atoms with Gasteiger partial charge in [0.05, 0.1) is 0 Å². The summed E-state index contributed by atoms with van der Waals surface area (Å²) in [5.41, 5.74) is 5.72. The molecule has 1 aliphatic carbocycles. The maximum absolute atomic E-state index is 5.91. The van der Waals surface area contributed by atoms with E-state index >= 15 is 0 Å². The molecule has 0 radical (unpaired) electrons. The van der Waals surface area contributed by atoms with Gasteiger partial charge in [-0.15, -0.1) is 0 Å². The van der Waals surface area contributed by atoms with E-state index < -0.39 is 0 Å². The second-order valence-electron chi connectivity index (χ2n) is 4.08. The standard InChI is InChI=1S/C11H19N3O/c1-2-14-7-6-13-11(14)15-10-5-3-4-9(10)8-12/h6-7,9-10H,2-5,8,12H2,1H3. The highest BCUT2D eigenvalue weighted by Crippen LogP contribution is 2.28. The van der Waals surface area contributed by atoms with Crippen LogP contribution >= 0.6 is 0 Å². The largest absolute Gasteiger partial charge is 0.461 e. The average molecular weight is 209 g/mol. The van der Waals surface area contributed by atoms with Crippen molar-refractivity contribution in [1.82, 2.24) is 9.55 Å². The Bertz CT molecular complexity index is 311. The molecule has 0 bridgehead atoms. The van der Waals surface area contributed by atoms with Crippen molar-refractivity contribution in [3.05, 3.63) is 12.4 Å². The zero-order valence-electron chi connectivity index (χ0n) is 9.22. The molecule has 0 amide bonds. The van der Waals surface area contributed by atoms with Crippen LogP contribution < -0.4 is 10.5 Å². The molecular weight excluding hydrogens is 190 g/mol. The van der Waals surface area contributed by atoms with Crippen LogP contribution in [0.4, 0.5) is 0 Å². The Balaban J connectivity index is 2.01. The van der Waals surface area contributed by atoms with Crippen LogP contribution in [0.3, 0.4) is 0 Å². The molecule has 0 aromatic carbocycles. The second-order valence-corrected chi connectivity index (χ2v) is 4.08. The SMILES string of the molecule is CCn1ccnc1OC1CCCC1CN. The molecule has 0 spiro atoms. The first kappa shape index (κ1) is 10.5. The van der Waals surface area contributed by atoms with E-state index in [2.05, 4.69) is 11.9 Å². The molecule has 15 heavy (non-hydrogen) atoms. The van der Waals surface area contributed by atoms with Gasteiger partial charge in [-0.3, -0.25) is 0 Å². The van der Waals surface area contributed by atoms with Gasteiger partial charge in [-0.1, -0.05) is 0 Å². The lowest BCUT2D eigenvalue weighted by Crippen LogP contribution is -2.28. The molecule has 2 N–H and O–H groups in total. The molecule has 2 atom stereocenters. The van der Waals surface area contributed by atoms with Gasteiger partial charge < -0.3 is 15.0 Å². The maximum atomic E-state index is 5.91. The first-order valence-electron chi connectivity index (χ1n) is 5.73. The van der Waals surface area contributed by atoms with E-state index in [4.69, 9.17) is 10.5 Å². The van der Waals surface area contributed by atoms with Crippen LogP contribution in [0.2, 0.25) is 0 Å². The van der Waals surface area contributed by atoms with Crippen LogP contribution in [0.5, 0.6) is 6.01 Å². The minimum Gasteiger partial charge on any atom is -0.461 e. The van der Waals surface area contributed by atoms with Gasteiger partial charge in [0.1, 0.15) is 6.10 Å². The first-order valence-corrected chi connectivity index (χ1v) is 5.73. The van der Waals surface area contributed by atoms with Crippen LogP contribution in [-0.4, -0.2) is 22.2 Å². The lowest BCUT2D eigenvalue weighted by Gasteiger charge is -2.19. The molecule has 1 aliphatic rings. The Labute approximate surface area is 90.4 Å². The molecular formula is C11H19N3O. The van der Waals surface area contributed by atoms with Crippen molar-refractivity contribution in [3.63, 3.8) is 0 Å². The number of hydrogen-bond acceptors (Lipinski definition) is 3. The van der Waals surface area contributed by atoms with Crippen molar-refractivity contribution in [1.29, 1.82) is 0 Å². The smallest absolute Gasteiger partial charge is 0.296 e. The van der Waals surface area contributed by atoms with E-state index in [1.54, 1.807) is 6.20 Å². The molecule has 0 saturated heterocycles. The molecule has 1 saturated carbocycles. The summed E-state index contributed by atoms with van der Waals surface area (Å²) in [7, 11) is 0. The van der Waals surface area contributed by atoms with Crippen molar-refractivity contribution in [3.8, 4) is 6.01 Å². The summed E-state index contributed by atoms with van der Waals surface area (Å²) in [6, 6.07) is 0.739. The molecule has 4 heteroatoms. The number of hydrogen-bond donors (Lipinski definition) is 1. The third-order valence-electron chi connectivity index (χ3n) is 3.17. The van der Waals surface area contributed by atoms with Crippen molar-refractivity contribution in [2.45, 2.75) is 38.8 Å². The Morgan fingerprint density at radius 1 is 1.60 bits per heavy atom. The summed E-state index contributed by atoms with van der Waals surface area (Å²) in [6.07, 6.45) is 7.52. The number of aromatic nitrogens is 2. The van der Waals surface area contributed by atoms with E-state index in [0.29, 0.717) is 5.92 Å². The summed E-state index contributed by atoms with van der Waals surface area (Å²) in [6.45, 7) is 3.70. The average Bonchev–Trinajstić information content (AvgIpc) is 2.87. The summed E-state index contributed by atoms with van der Waals surface area (Å²) in [5, 5.41) is 0. The third kappa shape index (κ3) is 2.15. The van der Waals surface area contributed by atoms with Gasteiger partial charge in [-0.25, -0.2) is 4.98 Å². The fourth-order valence-corrected chi connectivity index (χ4v) is 2.22. The molecule has 0 aliphatic heterocycles. The molecule has 1 aromatic rings. The number of ether oxygens (including phenoxy) is 1. The molecule has 2 rings (SSSR count). The van der Waals surface area contributed by atoms with Crippen molar-refractivity contribution < 1.29 is 4.74 Å². The number of rotatable bonds is 4. The number of aryl methyl sites for hydroxylation is 1. The van der Waals surface area contributed by atoms with Crippen LogP contribution in [0.25, 0.3) is 0 Å². The monoisotopic (exact) mass is 209 g/mol. The Kier molecular flexibility index (Phi) is 3.26. The Morgan fingerprint density at radius 2 is 2.47 bits per heavy atom. The van der Waals surface area contributed by atoms with Gasteiger partial charge in [-0.2, -0.15) is 0 Å². The number of nitrogens with zero attached hydrogens (tertiary/aromatic N) is 2. The van der Waals surface area contributed by atoms with E-state index in [0.717, 1.165) is 25.5 Å². The second kappa shape index (κ2) is 4.66. The minimum atomic E-state index is 0.266. The molecule has 2 unspecified atom stereocenters. The lowest BCUT2D eigenvalue weighted by molar-refractivity contribution is 0.142. The van der Waals surface area contributed by atoms with Crippen LogP contribution in [0, 0.1) is 5.92 Å². The molecule has 4 nitrogen and oxygen atoms in total. The lowest BCUT2D eigenvalue weighted by atomic mass is 10.1. The van der Waals surface area contributed by atoms with Crippen molar-refractivity contribution in [2.24, 2.45) is 11.7 Å². The van der Waals surface area contributed by atoms with Crippen molar-refractivity contribution >= 4 is 0 Å². The van der Waals surface area contributed by atoms with Gasteiger partial charge in [0, 0.05) is 24.9 Å². The summed E-state index contributed by atoms with van der Waals surface area (Å²) in [5.74, 6) is 0.506. The third-order valence-corrected chi connectivity index (χ3v) is 3.17. The highest BCUT2D eigenvalue weighted by atomic mass is 16.5. The molecule has 1 heterocycles. The highest BCUT2D eigenvalue weighted by molar-refractivity contribution is 5.00. The van der Waals surface area contributed by atoms with E-state index in [9.17, 15) is 0 Å². The van der Waals surface area contributed by atoms with Crippen molar-refractivity contribution in [2.75, 3.05) is 6.54 Å². The van der Waals surface area contributed by atoms with Crippen LogP contribution in [0.15, 0.2) is 12.4 Å². The van der Waals surface area contributed by atoms with Gasteiger partial charge in [-0.05, 0) is 32.7 Å². The Hall–Kier alpha value is -1.03. The molecule has 1 fully saturated rings. The quantitative estimate of drug-likeness (QED) is 0.815. The predicted molar refractivity (Wildman–Crippen MR) is 58.7 cm³/mol. The van der Waals surface area contributed by atoms with E-state index in [1.165, 1.54) is 12.8 Å². The fourth-order valence-electron chi connectivity index (χ4n) is 2.22. The highest BCUT2D eigenvalue weighted by Gasteiger charge is 2.28. The molecule has 84 valence electrons. The zero-order chi connectivity index (χ0) is 10.7. The minimum absolute atomic E-state index is 0.266. The van der Waals surface area contributed by atoms with Crippen LogP contribution in [-0.2, 0) is 6.54 Å². The topological polar surface area (TPSA) is 53.1 Å². The molecule has 1 aromatic heterocycles. The fraction of sp³-hybridized carbons (Fsp3) is 0.727. The van der Waals surface area contributed by atoms with Gasteiger partial charge >= 0.3 is 0 Å². The number of nitrogens with two attached hydrogens (primary N) is 1. The van der Waals surface area contributed by atoms with Gasteiger partial charge in [0.25, 0.3) is 6.01 Å². The maximum Gasteiger partial charge on any atom is 0.296 e. The van der Waals surface area contributed by atoms with E-state index in [1.807, 2.05) is 10.8 Å². The number of imidazole rings is 1. The normalized spacial score (nSPS) is 25.7. The summed E-state index contributed by atoms with van der Waals surface area (Å²) < 4.78 is 7.93. The Morgan fingerprint density at radius 3 is 3.20 bits per heavy atom. The predicted octanol–water partition coefficient (Wildman–Crippen LogP) is 1.41. The van der Waals surface area contributed by atoms with Gasteiger partial charge in [0.15, 0.2) is 0 Å². The van der Waals surface area contributed by atoms with Crippen LogP contribution in [0.1, 0.15) is 26.2 Å². The first-order chi connectivity index (χ1) is 7.35. The summed E-state index contributed by atoms with van der Waals surface area (Å²) >= 11 is 0. The van der Waals surface area contributed by atoms with E-state index in [-0.39, 0.29) is 6.10 Å².